The maximum atomic E-state index is 12.6. The highest BCUT2D eigenvalue weighted by molar-refractivity contribution is 8.00. The molecule has 0 atom stereocenters. The number of likely N-dealkylation sites (N-methyl/N-ethyl adjacent to an activating group) is 1. The number of carbonyl (C=O) groups excluding carboxylic acids is 1. The Hall–Kier alpha value is -1.50. The van der Waals surface area contributed by atoms with Gasteiger partial charge in [-0.2, -0.15) is 0 Å². The van der Waals surface area contributed by atoms with Crippen molar-refractivity contribution in [3.63, 3.8) is 0 Å². The Morgan fingerprint density at radius 1 is 1.10 bits per heavy atom. The van der Waals surface area contributed by atoms with Gasteiger partial charge >= 0.3 is 6.03 Å². The minimum atomic E-state index is -0.118. The van der Waals surface area contributed by atoms with E-state index in [1.165, 1.54) is 73.0 Å². The molecule has 1 aromatic carbocycles. The lowest BCUT2D eigenvalue weighted by molar-refractivity contribution is 0.112. The summed E-state index contributed by atoms with van der Waals surface area (Å²) in [7, 11) is 2.17. The van der Waals surface area contributed by atoms with Crippen LogP contribution < -0.4 is 10.0 Å². The molecule has 2 amide bonds. The third kappa shape index (κ3) is 5.47. The summed E-state index contributed by atoms with van der Waals surface area (Å²) in [6, 6.07) is 2.28. The van der Waals surface area contributed by atoms with E-state index in [1.807, 2.05) is 5.41 Å². The number of nitrogens with one attached hydrogen (secondary N) is 2. The second-order valence-corrected chi connectivity index (χ2v) is 10.7. The molecule has 1 aromatic rings. The average molecular weight is 443 g/mol. The van der Waals surface area contributed by atoms with Crippen LogP contribution in [0.3, 0.4) is 0 Å². The van der Waals surface area contributed by atoms with Gasteiger partial charge in [0.05, 0.1) is 0 Å². The summed E-state index contributed by atoms with van der Waals surface area (Å²) in [5.41, 5.74) is 6.96. The van der Waals surface area contributed by atoms with Crippen molar-refractivity contribution in [2.75, 3.05) is 38.5 Å². The molecular formula is C25H38N4OS. The van der Waals surface area contributed by atoms with E-state index in [9.17, 15) is 4.79 Å². The Morgan fingerprint density at radius 2 is 1.74 bits per heavy atom. The van der Waals surface area contributed by atoms with E-state index in [1.54, 1.807) is 0 Å². The summed E-state index contributed by atoms with van der Waals surface area (Å²) < 4.78 is 2.93. The fourth-order valence-corrected chi connectivity index (χ4v) is 6.02. The van der Waals surface area contributed by atoms with Gasteiger partial charge in [0.1, 0.15) is 0 Å². The van der Waals surface area contributed by atoms with E-state index >= 15 is 0 Å². The molecule has 1 fully saturated rings. The SMILES string of the molecule is CN(C/C=C/SNC(=O)Nc1c2c(cc3c1CCC3)CCC2)CC(C)(C)N1CCCC1. The number of benzene rings is 1. The lowest BCUT2D eigenvalue weighted by Crippen LogP contribution is -2.49. The van der Waals surface area contributed by atoms with Crippen LogP contribution in [0.15, 0.2) is 17.6 Å². The molecule has 0 bridgehead atoms. The van der Waals surface area contributed by atoms with Gasteiger partial charge in [-0.3, -0.25) is 9.62 Å². The van der Waals surface area contributed by atoms with Crippen LogP contribution >= 0.6 is 11.9 Å². The van der Waals surface area contributed by atoms with Crippen LogP contribution in [0.2, 0.25) is 0 Å². The number of hydrogen-bond acceptors (Lipinski definition) is 4. The van der Waals surface area contributed by atoms with Crippen LogP contribution in [0.1, 0.15) is 61.8 Å². The van der Waals surface area contributed by atoms with Gasteiger partial charge in [-0.05, 0) is 125 Å². The van der Waals surface area contributed by atoms with E-state index in [0.717, 1.165) is 44.5 Å². The zero-order chi connectivity index (χ0) is 21.8. The summed E-state index contributed by atoms with van der Waals surface area (Å²) in [4.78, 5) is 17.5. The molecule has 4 rings (SSSR count). The molecule has 3 aliphatic rings. The number of rotatable bonds is 8. The third-order valence-electron chi connectivity index (χ3n) is 7.06. The first-order valence-corrected chi connectivity index (χ1v) is 12.8. The Labute approximate surface area is 192 Å². The molecule has 0 spiro atoms. The number of hydrogen-bond donors (Lipinski definition) is 2. The Balaban J connectivity index is 1.23. The van der Waals surface area contributed by atoms with Crippen LogP contribution in [0.25, 0.3) is 0 Å². The third-order valence-corrected chi connectivity index (χ3v) is 7.70. The Bertz CT molecular complexity index is 797. The highest BCUT2D eigenvalue weighted by Crippen LogP contribution is 2.38. The van der Waals surface area contributed by atoms with Gasteiger partial charge in [0.2, 0.25) is 0 Å². The Kier molecular flexibility index (Phi) is 7.29. The molecule has 0 radical (unpaired) electrons. The normalized spacial score (nSPS) is 18.7. The number of carbonyl (C=O) groups is 1. The maximum absolute atomic E-state index is 12.6. The van der Waals surface area contributed by atoms with E-state index in [2.05, 4.69) is 52.9 Å². The fraction of sp³-hybridized carbons (Fsp3) is 0.640. The molecule has 1 aliphatic heterocycles. The maximum Gasteiger partial charge on any atom is 0.329 e. The summed E-state index contributed by atoms with van der Waals surface area (Å²) in [6.45, 7) is 9.05. The molecule has 0 unspecified atom stereocenters. The number of likely N-dealkylation sites (tertiary alicyclic amines) is 1. The van der Waals surface area contributed by atoms with Crippen LogP contribution in [-0.2, 0) is 25.7 Å². The highest BCUT2D eigenvalue weighted by atomic mass is 32.2. The van der Waals surface area contributed by atoms with Crippen molar-refractivity contribution in [1.82, 2.24) is 14.5 Å². The predicted molar refractivity (Wildman–Crippen MR) is 132 cm³/mol. The zero-order valence-electron chi connectivity index (χ0n) is 19.4. The summed E-state index contributed by atoms with van der Waals surface area (Å²) in [6.07, 6.45) is 11.7. The molecule has 5 nitrogen and oxygen atoms in total. The minimum Gasteiger partial charge on any atom is -0.307 e. The van der Waals surface area contributed by atoms with Crippen molar-refractivity contribution >= 4 is 23.7 Å². The number of fused-ring (bicyclic) bond motifs is 2. The standard InChI is InChI=1S/C25H38N4OS/c1-25(2,29-14-4-5-15-29)18-28(3)13-8-16-31-27-24(30)26-23-21-11-6-9-19(21)17-20-10-7-12-22(20)23/h8,16-17H,4-7,9-15,18H2,1-3H3,(H2,26,27,30)/b16-8+. The van der Waals surface area contributed by atoms with Crippen molar-refractivity contribution in [2.24, 2.45) is 0 Å². The summed E-state index contributed by atoms with van der Waals surface area (Å²) >= 11 is 1.35. The molecule has 0 aromatic heterocycles. The second-order valence-electron chi connectivity index (χ2n) is 9.98. The molecular weight excluding hydrogens is 404 g/mol. The fourth-order valence-electron chi connectivity index (χ4n) is 5.61. The number of aryl methyl sites for hydroxylation is 2. The van der Waals surface area contributed by atoms with E-state index < -0.39 is 0 Å². The monoisotopic (exact) mass is 442 g/mol. The molecule has 1 heterocycles. The highest BCUT2D eigenvalue weighted by Gasteiger charge is 2.29. The largest absolute Gasteiger partial charge is 0.329 e. The lowest BCUT2D eigenvalue weighted by Gasteiger charge is -2.38. The molecule has 0 saturated carbocycles. The molecule has 2 aliphatic carbocycles. The van der Waals surface area contributed by atoms with Crippen LogP contribution in [0.5, 0.6) is 0 Å². The van der Waals surface area contributed by atoms with Crippen molar-refractivity contribution < 1.29 is 4.79 Å². The van der Waals surface area contributed by atoms with Crippen molar-refractivity contribution in [3.05, 3.63) is 39.8 Å². The summed E-state index contributed by atoms with van der Waals surface area (Å²) in [5, 5.41) is 5.17. The molecule has 170 valence electrons. The van der Waals surface area contributed by atoms with Gasteiger partial charge in [0.25, 0.3) is 0 Å². The van der Waals surface area contributed by atoms with Gasteiger partial charge in [0.15, 0.2) is 0 Å². The molecule has 31 heavy (non-hydrogen) atoms. The van der Waals surface area contributed by atoms with Crippen molar-refractivity contribution in [1.29, 1.82) is 0 Å². The first-order valence-electron chi connectivity index (χ1n) is 11.9. The second kappa shape index (κ2) is 9.97. The first-order chi connectivity index (χ1) is 14.9. The summed E-state index contributed by atoms with van der Waals surface area (Å²) in [5.74, 6) is 0. The molecule has 6 heteroatoms. The number of anilines is 1. The van der Waals surface area contributed by atoms with Gasteiger partial charge in [-0.25, -0.2) is 4.79 Å². The smallest absolute Gasteiger partial charge is 0.307 e. The van der Waals surface area contributed by atoms with Gasteiger partial charge in [0, 0.05) is 24.3 Å². The van der Waals surface area contributed by atoms with Crippen LogP contribution in [-0.4, -0.2) is 54.6 Å². The number of amides is 2. The zero-order valence-corrected chi connectivity index (χ0v) is 20.2. The Morgan fingerprint density at radius 3 is 2.39 bits per heavy atom. The first kappa shape index (κ1) is 22.7. The lowest BCUT2D eigenvalue weighted by atomic mass is 9.99. The molecule has 2 N–H and O–H groups in total. The van der Waals surface area contributed by atoms with Gasteiger partial charge in [-0.1, -0.05) is 12.1 Å². The number of nitrogens with zero attached hydrogens (tertiary/aromatic N) is 2. The molecule has 1 saturated heterocycles. The quantitative estimate of drug-likeness (QED) is 0.570. The van der Waals surface area contributed by atoms with Crippen LogP contribution in [0.4, 0.5) is 10.5 Å². The van der Waals surface area contributed by atoms with Gasteiger partial charge in [-0.15, -0.1) is 0 Å². The number of urea groups is 1. The van der Waals surface area contributed by atoms with Gasteiger partial charge < -0.3 is 10.2 Å². The minimum absolute atomic E-state index is 0.118. The topological polar surface area (TPSA) is 47.6 Å². The average Bonchev–Trinajstić information content (AvgIpc) is 3.48. The van der Waals surface area contributed by atoms with E-state index in [0.29, 0.717) is 0 Å². The van der Waals surface area contributed by atoms with E-state index in [4.69, 9.17) is 0 Å². The van der Waals surface area contributed by atoms with E-state index in [-0.39, 0.29) is 11.6 Å². The van der Waals surface area contributed by atoms with Crippen molar-refractivity contribution in [2.45, 2.75) is 70.8 Å². The van der Waals surface area contributed by atoms with Crippen molar-refractivity contribution in [3.8, 4) is 0 Å². The van der Waals surface area contributed by atoms with Crippen LogP contribution in [0, 0.1) is 0 Å². The predicted octanol–water partition coefficient (Wildman–Crippen LogP) is 4.75.